The average molecular weight is 540 g/mol. The molecule has 7 nitrogen and oxygen atoms in total. The number of nitrogens with zero attached hydrogens (tertiary/aromatic N) is 4. The van der Waals surface area contributed by atoms with Crippen molar-refractivity contribution in [3.8, 4) is 11.4 Å². The van der Waals surface area contributed by atoms with Crippen molar-refractivity contribution in [1.82, 2.24) is 15.0 Å². The molecule has 0 aliphatic carbocycles. The third kappa shape index (κ3) is 4.87. The van der Waals surface area contributed by atoms with Crippen LogP contribution in [0.4, 0.5) is 29.1 Å². The predicted molar refractivity (Wildman–Crippen MR) is 120 cm³/mol. The highest BCUT2D eigenvalue weighted by Gasteiger charge is 2.36. The summed E-state index contributed by atoms with van der Waals surface area (Å²) in [6, 6.07) is 3.83. The van der Waals surface area contributed by atoms with E-state index in [-0.39, 0.29) is 30.2 Å². The number of benzene rings is 1. The van der Waals surface area contributed by atoms with Crippen molar-refractivity contribution in [3.63, 3.8) is 0 Å². The lowest BCUT2D eigenvalue weighted by atomic mass is 10.0. The second-order valence-corrected chi connectivity index (χ2v) is 8.51. The number of hydrogen-bond donors (Lipinski definition) is 2. The van der Waals surface area contributed by atoms with E-state index < -0.39 is 34.6 Å². The first-order chi connectivity index (χ1) is 16.2. The highest BCUT2D eigenvalue weighted by atomic mass is 79.9. The van der Waals surface area contributed by atoms with Gasteiger partial charge in [0.25, 0.3) is 5.91 Å². The van der Waals surface area contributed by atoms with Gasteiger partial charge in [-0.05, 0) is 53.0 Å². The molecule has 4 rings (SSSR count). The number of rotatable bonds is 5. The zero-order chi connectivity index (χ0) is 24.5. The quantitative estimate of drug-likeness (QED) is 0.458. The summed E-state index contributed by atoms with van der Waals surface area (Å²) in [6.07, 6.45) is 0.666. The van der Waals surface area contributed by atoms with Crippen LogP contribution in [0.2, 0.25) is 0 Å². The van der Waals surface area contributed by atoms with Gasteiger partial charge in [0, 0.05) is 35.2 Å². The molecule has 1 atom stereocenters. The number of carbonyl (C=O) groups excluding carboxylic acids is 1. The summed E-state index contributed by atoms with van der Waals surface area (Å²) in [7, 11) is 0. The largest absolute Gasteiger partial charge is 0.417 e. The summed E-state index contributed by atoms with van der Waals surface area (Å²) in [5, 5.41) is 12.2. The molecule has 0 spiro atoms. The average Bonchev–Trinajstić information content (AvgIpc) is 3.27. The van der Waals surface area contributed by atoms with Gasteiger partial charge >= 0.3 is 6.18 Å². The summed E-state index contributed by atoms with van der Waals surface area (Å²) in [5.41, 5.74) is -2.20. The minimum atomic E-state index is -4.89. The molecule has 1 amide bonds. The van der Waals surface area contributed by atoms with Crippen molar-refractivity contribution in [2.75, 3.05) is 23.4 Å². The molecule has 1 fully saturated rings. The monoisotopic (exact) mass is 539 g/mol. The number of aliphatic hydroxyl groups is 1. The number of pyridine rings is 1. The van der Waals surface area contributed by atoms with Crippen LogP contribution < -0.4 is 10.2 Å². The molecule has 0 radical (unpaired) electrons. The molecule has 34 heavy (non-hydrogen) atoms. The Morgan fingerprint density at radius 1 is 1.21 bits per heavy atom. The summed E-state index contributed by atoms with van der Waals surface area (Å²) >= 11 is 3.27. The van der Waals surface area contributed by atoms with E-state index >= 15 is 0 Å². The van der Waals surface area contributed by atoms with Gasteiger partial charge in [0.1, 0.15) is 5.82 Å². The second kappa shape index (κ2) is 9.63. The van der Waals surface area contributed by atoms with E-state index in [0.717, 1.165) is 18.9 Å². The maximum atomic E-state index is 14.8. The molecular formula is C22H18BrF4N5O2. The van der Waals surface area contributed by atoms with Crippen molar-refractivity contribution < 1.29 is 27.5 Å². The van der Waals surface area contributed by atoms with Gasteiger partial charge in [-0.1, -0.05) is 0 Å². The fraction of sp³-hybridized carbons (Fsp3) is 0.273. The molecule has 1 aliphatic heterocycles. The van der Waals surface area contributed by atoms with Crippen LogP contribution in [-0.4, -0.2) is 45.2 Å². The van der Waals surface area contributed by atoms with Gasteiger partial charge in [-0.3, -0.25) is 4.79 Å². The van der Waals surface area contributed by atoms with Crippen LogP contribution in [0.15, 0.2) is 47.3 Å². The first kappa shape index (κ1) is 24.0. The van der Waals surface area contributed by atoms with Crippen molar-refractivity contribution in [2.24, 2.45) is 0 Å². The number of aliphatic hydroxyl groups excluding tert-OH is 1. The topological polar surface area (TPSA) is 91.2 Å². The Hall–Kier alpha value is -3.12. The normalized spacial score (nSPS) is 16.1. The third-order valence-corrected chi connectivity index (χ3v) is 5.84. The molecule has 2 aromatic heterocycles. The maximum Gasteiger partial charge on any atom is 0.417 e. The SMILES string of the molecule is O=C(Nc1cc(Br)cnc1N1CCCC1CO)c1cc(-c2ncccn2)c(C(F)(F)F)cc1F. The van der Waals surface area contributed by atoms with E-state index in [0.29, 0.717) is 16.8 Å². The van der Waals surface area contributed by atoms with Crippen LogP contribution >= 0.6 is 15.9 Å². The van der Waals surface area contributed by atoms with Crippen LogP contribution in [0.1, 0.15) is 28.8 Å². The Labute approximate surface area is 200 Å². The number of aromatic nitrogens is 3. The van der Waals surface area contributed by atoms with Gasteiger partial charge < -0.3 is 15.3 Å². The lowest BCUT2D eigenvalue weighted by molar-refractivity contribution is -0.137. The predicted octanol–water partition coefficient (Wildman–Crippen LogP) is 4.67. The Kier molecular flexibility index (Phi) is 6.80. The molecule has 2 N–H and O–H groups in total. The number of anilines is 2. The number of nitrogens with one attached hydrogen (secondary N) is 1. The van der Waals surface area contributed by atoms with E-state index in [1.807, 2.05) is 4.90 Å². The van der Waals surface area contributed by atoms with Crippen molar-refractivity contribution in [1.29, 1.82) is 0 Å². The maximum absolute atomic E-state index is 14.8. The fourth-order valence-electron chi connectivity index (χ4n) is 3.85. The van der Waals surface area contributed by atoms with Crippen LogP contribution in [0.25, 0.3) is 11.4 Å². The summed E-state index contributed by atoms with van der Waals surface area (Å²) in [4.78, 5) is 26.8. The van der Waals surface area contributed by atoms with Gasteiger partial charge in [-0.25, -0.2) is 19.3 Å². The van der Waals surface area contributed by atoms with Gasteiger partial charge in [0.15, 0.2) is 11.6 Å². The molecule has 0 bridgehead atoms. The highest BCUT2D eigenvalue weighted by Crippen LogP contribution is 2.38. The Balaban J connectivity index is 1.74. The summed E-state index contributed by atoms with van der Waals surface area (Å²) < 4.78 is 56.0. The number of halogens is 5. The molecule has 3 heterocycles. The van der Waals surface area contributed by atoms with Gasteiger partial charge in [0.2, 0.25) is 0 Å². The lowest BCUT2D eigenvalue weighted by Crippen LogP contribution is -2.33. The Morgan fingerprint density at radius 2 is 1.94 bits per heavy atom. The van der Waals surface area contributed by atoms with E-state index in [9.17, 15) is 27.5 Å². The molecule has 12 heteroatoms. The smallest absolute Gasteiger partial charge is 0.394 e. The second-order valence-electron chi connectivity index (χ2n) is 7.60. The van der Waals surface area contributed by atoms with E-state index in [4.69, 9.17) is 0 Å². The zero-order valence-corrected chi connectivity index (χ0v) is 19.1. The molecule has 1 aliphatic rings. The van der Waals surface area contributed by atoms with E-state index in [2.05, 4.69) is 36.2 Å². The molecule has 178 valence electrons. The number of hydrogen-bond acceptors (Lipinski definition) is 6. The minimum Gasteiger partial charge on any atom is -0.394 e. The minimum absolute atomic E-state index is 0.112. The molecule has 0 saturated carbocycles. The van der Waals surface area contributed by atoms with Crippen molar-refractivity contribution in [3.05, 3.63) is 64.3 Å². The summed E-state index contributed by atoms with van der Waals surface area (Å²) in [6.45, 7) is 0.478. The number of amides is 1. The van der Waals surface area contributed by atoms with Gasteiger partial charge in [-0.2, -0.15) is 13.2 Å². The van der Waals surface area contributed by atoms with Gasteiger partial charge in [0.05, 0.1) is 29.5 Å². The molecule has 1 unspecified atom stereocenters. The zero-order valence-electron chi connectivity index (χ0n) is 17.5. The number of carbonyl (C=O) groups is 1. The lowest BCUT2D eigenvalue weighted by Gasteiger charge is -2.26. The number of alkyl halides is 3. The Morgan fingerprint density at radius 3 is 2.62 bits per heavy atom. The third-order valence-electron chi connectivity index (χ3n) is 5.41. The standard InChI is InChI=1S/C22H18BrF4N5O2/c23-12-7-18(20(30-10-12)32-6-1-3-13(32)11-33)31-21(34)15-8-14(19-28-4-2-5-29-19)16(9-17(15)24)22(25,26)27/h2,4-5,7-10,13,33H,1,3,6,11H2,(H,31,34). The molecule has 1 aromatic carbocycles. The van der Waals surface area contributed by atoms with Crippen molar-refractivity contribution in [2.45, 2.75) is 25.1 Å². The summed E-state index contributed by atoms with van der Waals surface area (Å²) in [5.74, 6) is -2.24. The van der Waals surface area contributed by atoms with E-state index in [1.54, 1.807) is 6.07 Å². The highest BCUT2D eigenvalue weighted by molar-refractivity contribution is 9.10. The Bertz CT molecular complexity index is 1210. The van der Waals surface area contributed by atoms with E-state index in [1.165, 1.54) is 24.7 Å². The first-order valence-electron chi connectivity index (χ1n) is 10.2. The van der Waals surface area contributed by atoms with Crippen LogP contribution in [0.3, 0.4) is 0 Å². The van der Waals surface area contributed by atoms with Gasteiger partial charge in [-0.15, -0.1) is 0 Å². The molecule has 1 saturated heterocycles. The molecular weight excluding hydrogens is 522 g/mol. The molecule has 3 aromatic rings. The first-order valence-corrected chi connectivity index (χ1v) is 11.0. The van der Waals surface area contributed by atoms with Crippen LogP contribution in [0, 0.1) is 5.82 Å². The van der Waals surface area contributed by atoms with Crippen molar-refractivity contribution >= 4 is 33.3 Å². The van der Waals surface area contributed by atoms with Crippen LogP contribution in [-0.2, 0) is 6.18 Å². The fourth-order valence-corrected chi connectivity index (χ4v) is 4.18. The van der Waals surface area contributed by atoms with Crippen LogP contribution in [0.5, 0.6) is 0 Å².